The first-order valence-corrected chi connectivity index (χ1v) is 6.14. The predicted octanol–water partition coefficient (Wildman–Crippen LogP) is 3.53. The first kappa shape index (κ1) is 13.7. The van der Waals surface area contributed by atoms with Crippen LogP contribution in [0.2, 0.25) is 0 Å². The maximum Gasteiger partial charge on any atom is 0.373 e. The van der Waals surface area contributed by atoms with Crippen molar-refractivity contribution in [3.63, 3.8) is 0 Å². The Labute approximate surface area is 103 Å². The van der Waals surface area contributed by atoms with E-state index in [0.29, 0.717) is 5.56 Å². The van der Waals surface area contributed by atoms with E-state index >= 15 is 0 Å². The van der Waals surface area contributed by atoms with Crippen molar-refractivity contribution in [3.8, 4) is 0 Å². The van der Waals surface area contributed by atoms with Gasteiger partial charge in [-0.05, 0) is 37.5 Å². The highest BCUT2D eigenvalue weighted by Gasteiger charge is 2.10. The third-order valence-electron chi connectivity index (χ3n) is 2.59. The zero-order valence-electron chi connectivity index (χ0n) is 10.7. The molecule has 1 atom stereocenters. The highest BCUT2D eigenvalue weighted by Crippen LogP contribution is 2.09. The van der Waals surface area contributed by atoms with Gasteiger partial charge in [-0.3, -0.25) is 4.89 Å². The Morgan fingerprint density at radius 3 is 2.41 bits per heavy atom. The lowest BCUT2D eigenvalue weighted by atomic mass is 10.1. The van der Waals surface area contributed by atoms with Crippen LogP contribution in [0.15, 0.2) is 24.3 Å². The minimum Gasteiger partial charge on any atom is -0.293 e. The van der Waals surface area contributed by atoms with Crippen molar-refractivity contribution in [2.24, 2.45) is 0 Å². The quantitative estimate of drug-likeness (QED) is 0.560. The molecular formula is C14H20O3. The number of carbonyl (C=O) groups is 1. The molecule has 1 unspecified atom stereocenters. The summed E-state index contributed by atoms with van der Waals surface area (Å²) in [6, 6.07) is 7.44. The van der Waals surface area contributed by atoms with Crippen LogP contribution in [0.4, 0.5) is 0 Å². The van der Waals surface area contributed by atoms with Crippen molar-refractivity contribution >= 4 is 5.97 Å². The maximum absolute atomic E-state index is 11.6. The van der Waals surface area contributed by atoms with Crippen molar-refractivity contribution in [3.05, 3.63) is 35.4 Å². The van der Waals surface area contributed by atoms with Crippen LogP contribution in [0.25, 0.3) is 0 Å². The molecule has 17 heavy (non-hydrogen) atoms. The van der Waals surface area contributed by atoms with Crippen LogP contribution in [-0.4, -0.2) is 12.1 Å². The molecule has 0 amide bonds. The average molecular weight is 236 g/mol. The Balaban J connectivity index is 2.51. The standard InChI is InChI=1S/C14H20O3/c1-4-6-12-7-9-13(10-8-12)14(15)17-16-11(3)5-2/h7-11H,4-6H2,1-3H3. The van der Waals surface area contributed by atoms with Gasteiger partial charge in [0.05, 0.1) is 5.56 Å². The summed E-state index contributed by atoms with van der Waals surface area (Å²) in [5.74, 6) is -0.437. The van der Waals surface area contributed by atoms with Gasteiger partial charge in [-0.1, -0.05) is 32.4 Å². The maximum atomic E-state index is 11.6. The lowest BCUT2D eigenvalue weighted by Crippen LogP contribution is -2.12. The Morgan fingerprint density at radius 2 is 1.88 bits per heavy atom. The summed E-state index contributed by atoms with van der Waals surface area (Å²) in [5.41, 5.74) is 1.75. The number of aryl methyl sites for hydroxylation is 1. The van der Waals surface area contributed by atoms with E-state index < -0.39 is 5.97 Å². The summed E-state index contributed by atoms with van der Waals surface area (Å²) >= 11 is 0. The molecule has 0 fully saturated rings. The van der Waals surface area contributed by atoms with Crippen molar-refractivity contribution in [2.45, 2.75) is 46.1 Å². The summed E-state index contributed by atoms with van der Waals surface area (Å²) in [5, 5.41) is 0. The minimum atomic E-state index is -0.437. The second-order valence-corrected chi connectivity index (χ2v) is 4.13. The third kappa shape index (κ3) is 4.57. The highest BCUT2D eigenvalue weighted by molar-refractivity contribution is 5.88. The summed E-state index contributed by atoms with van der Waals surface area (Å²) in [6.07, 6.45) is 2.86. The van der Waals surface area contributed by atoms with Crippen LogP contribution < -0.4 is 0 Å². The molecular weight excluding hydrogens is 216 g/mol. The predicted molar refractivity (Wildman–Crippen MR) is 66.7 cm³/mol. The van der Waals surface area contributed by atoms with Crippen molar-refractivity contribution in [1.82, 2.24) is 0 Å². The van der Waals surface area contributed by atoms with Gasteiger partial charge >= 0.3 is 5.97 Å². The topological polar surface area (TPSA) is 35.5 Å². The third-order valence-corrected chi connectivity index (χ3v) is 2.59. The van der Waals surface area contributed by atoms with E-state index in [0.717, 1.165) is 19.3 Å². The summed E-state index contributed by atoms with van der Waals surface area (Å²) in [6.45, 7) is 5.96. The second-order valence-electron chi connectivity index (χ2n) is 4.13. The number of carbonyl (C=O) groups excluding carboxylic acids is 1. The van der Waals surface area contributed by atoms with E-state index in [-0.39, 0.29) is 6.10 Å². The molecule has 1 rings (SSSR count). The molecule has 0 aliphatic heterocycles. The van der Waals surface area contributed by atoms with Crippen molar-refractivity contribution in [1.29, 1.82) is 0 Å². The molecule has 0 saturated heterocycles. The van der Waals surface area contributed by atoms with Crippen LogP contribution >= 0.6 is 0 Å². The lowest BCUT2D eigenvalue weighted by molar-refractivity contribution is -0.270. The molecule has 0 bridgehead atoms. The molecule has 0 N–H and O–H groups in total. The molecule has 0 aliphatic rings. The summed E-state index contributed by atoms with van der Waals surface area (Å²) < 4.78 is 0. The molecule has 0 spiro atoms. The largest absolute Gasteiger partial charge is 0.373 e. The molecule has 0 aliphatic carbocycles. The fourth-order valence-electron chi connectivity index (χ4n) is 1.34. The number of hydrogen-bond acceptors (Lipinski definition) is 3. The molecule has 1 aromatic carbocycles. The van der Waals surface area contributed by atoms with E-state index in [2.05, 4.69) is 6.92 Å². The van der Waals surface area contributed by atoms with E-state index in [9.17, 15) is 4.79 Å². The van der Waals surface area contributed by atoms with Gasteiger partial charge in [0, 0.05) is 0 Å². The molecule has 0 saturated carbocycles. The van der Waals surface area contributed by atoms with Crippen molar-refractivity contribution in [2.75, 3.05) is 0 Å². The van der Waals surface area contributed by atoms with Gasteiger partial charge in [0.15, 0.2) is 0 Å². The summed E-state index contributed by atoms with van der Waals surface area (Å²) in [4.78, 5) is 21.3. The van der Waals surface area contributed by atoms with Gasteiger partial charge in [0.25, 0.3) is 0 Å². The fourth-order valence-corrected chi connectivity index (χ4v) is 1.34. The smallest absolute Gasteiger partial charge is 0.293 e. The zero-order chi connectivity index (χ0) is 12.7. The molecule has 0 heterocycles. The summed E-state index contributed by atoms with van der Waals surface area (Å²) in [7, 11) is 0. The minimum absolute atomic E-state index is 0.0710. The molecule has 0 aromatic heterocycles. The van der Waals surface area contributed by atoms with Crippen LogP contribution in [0.3, 0.4) is 0 Å². The number of rotatable bonds is 6. The van der Waals surface area contributed by atoms with Gasteiger partial charge in [-0.25, -0.2) is 4.79 Å². The molecule has 94 valence electrons. The molecule has 0 radical (unpaired) electrons. The van der Waals surface area contributed by atoms with E-state index in [1.165, 1.54) is 5.56 Å². The van der Waals surface area contributed by atoms with Crippen LogP contribution in [-0.2, 0) is 16.2 Å². The van der Waals surface area contributed by atoms with Gasteiger partial charge in [0.1, 0.15) is 6.10 Å². The van der Waals surface area contributed by atoms with Gasteiger partial charge in [0.2, 0.25) is 0 Å². The van der Waals surface area contributed by atoms with E-state index in [1.807, 2.05) is 26.0 Å². The lowest BCUT2D eigenvalue weighted by Gasteiger charge is -2.08. The molecule has 3 heteroatoms. The number of hydrogen-bond donors (Lipinski definition) is 0. The SMILES string of the molecule is CCCc1ccc(C(=O)OOC(C)CC)cc1. The Kier molecular flexibility index (Phi) is 5.70. The number of benzene rings is 1. The van der Waals surface area contributed by atoms with Gasteiger partial charge in [-0.15, -0.1) is 0 Å². The molecule has 1 aromatic rings. The molecule has 3 nitrogen and oxygen atoms in total. The van der Waals surface area contributed by atoms with E-state index in [4.69, 9.17) is 9.78 Å². The monoisotopic (exact) mass is 236 g/mol. The highest BCUT2D eigenvalue weighted by atomic mass is 17.2. The van der Waals surface area contributed by atoms with Crippen LogP contribution in [0.1, 0.15) is 49.5 Å². The van der Waals surface area contributed by atoms with Crippen molar-refractivity contribution < 1.29 is 14.6 Å². The first-order chi connectivity index (χ1) is 8.17. The second kappa shape index (κ2) is 7.07. The fraction of sp³-hybridized carbons (Fsp3) is 0.500. The average Bonchev–Trinajstić information content (AvgIpc) is 2.36. The van der Waals surface area contributed by atoms with Gasteiger partial charge < -0.3 is 0 Å². The first-order valence-electron chi connectivity index (χ1n) is 6.14. The van der Waals surface area contributed by atoms with E-state index in [1.54, 1.807) is 12.1 Å². The Hall–Kier alpha value is -1.35. The Morgan fingerprint density at radius 1 is 1.24 bits per heavy atom. The van der Waals surface area contributed by atoms with Crippen LogP contribution in [0.5, 0.6) is 0 Å². The van der Waals surface area contributed by atoms with Crippen LogP contribution in [0, 0.1) is 0 Å². The Bertz CT molecular complexity index is 343. The normalized spacial score (nSPS) is 12.2. The van der Waals surface area contributed by atoms with Gasteiger partial charge in [-0.2, -0.15) is 4.89 Å². The zero-order valence-corrected chi connectivity index (χ0v) is 10.7.